The topological polar surface area (TPSA) is 38.1 Å². The molecule has 0 spiro atoms. The van der Waals surface area contributed by atoms with Crippen molar-refractivity contribution in [2.24, 2.45) is 0 Å². The molecule has 0 saturated heterocycles. The van der Waals surface area contributed by atoms with Crippen molar-refractivity contribution in [2.75, 3.05) is 6.54 Å². The number of benzene rings is 1. The third-order valence-corrected chi connectivity index (χ3v) is 3.28. The van der Waals surface area contributed by atoms with Gasteiger partial charge in [0.25, 0.3) is 0 Å². The lowest BCUT2D eigenvalue weighted by Crippen LogP contribution is -2.43. The number of hydrogen-bond acceptors (Lipinski definition) is 3. The fourth-order valence-electron chi connectivity index (χ4n) is 1.87. The van der Waals surface area contributed by atoms with Crippen LogP contribution in [0.25, 0.3) is 11.5 Å². The third-order valence-electron chi connectivity index (χ3n) is 3.28. The number of aromatic nitrogens is 1. The lowest BCUT2D eigenvalue weighted by molar-refractivity contribution is 0.358. The molecule has 2 rings (SSSR count). The van der Waals surface area contributed by atoms with Crippen molar-refractivity contribution < 1.29 is 4.42 Å². The molecule has 3 nitrogen and oxygen atoms in total. The van der Waals surface area contributed by atoms with E-state index in [1.165, 1.54) is 0 Å². The Hall–Kier alpha value is -1.61. The first-order chi connectivity index (χ1) is 9.28. The van der Waals surface area contributed by atoms with Gasteiger partial charge in [0, 0.05) is 23.1 Å². The molecule has 1 heterocycles. The van der Waals surface area contributed by atoms with E-state index >= 15 is 0 Å². The van der Waals surface area contributed by atoms with Gasteiger partial charge in [0.15, 0.2) is 0 Å². The minimum atomic E-state index is -0.0657. The Balaban J connectivity index is 2.15. The Morgan fingerprint density at radius 3 is 2.30 bits per heavy atom. The van der Waals surface area contributed by atoms with Crippen LogP contribution >= 0.6 is 0 Å². The Morgan fingerprint density at radius 1 is 1.05 bits per heavy atom. The highest BCUT2D eigenvalue weighted by atomic mass is 16.3. The monoisotopic (exact) mass is 272 g/mol. The van der Waals surface area contributed by atoms with Crippen LogP contribution in [-0.2, 0) is 5.41 Å². The van der Waals surface area contributed by atoms with Crippen LogP contribution in [-0.4, -0.2) is 17.1 Å². The predicted molar refractivity (Wildman–Crippen MR) is 82.7 cm³/mol. The number of nitrogens with zero attached hydrogens (tertiary/aromatic N) is 1. The molecule has 2 aromatic rings. The molecule has 0 unspecified atom stereocenters. The summed E-state index contributed by atoms with van der Waals surface area (Å²) in [7, 11) is 0. The number of oxazole rings is 1. The van der Waals surface area contributed by atoms with E-state index in [4.69, 9.17) is 4.42 Å². The molecular weight excluding hydrogens is 248 g/mol. The quantitative estimate of drug-likeness (QED) is 0.914. The molecular formula is C17H24N2O. The fraction of sp³-hybridized carbons (Fsp3) is 0.471. The second-order valence-electron chi connectivity index (χ2n) is 6.89. The molecule has 108 valence electrons. The molecule has 0 bridgehead atoms. The summed E-state index contributed by atoms with van der Waals surface area (Å²) in [6.45, 7) is 11.7. The molecule has 20 heavy (non-hydrogen) atoms. The first kappa shape index (κ1) is 14.8. The van der Waals surface area contributed by atoms with Gasteiger partial charge < -0.3 is 9.73 Å². The van der Waals surface area contributed by atoms with Gasteiger partial charge in [-0.25, -0.2) is 4.98 Å². The molecule has 0 aliphatic heterocycles. The van der Waals surface area contributed by atoms with E-state index in [0.717, 1.165) is 17.8 Å². The van der Waals surface area contributed by atoms with Crippen molar-refractivity contribution in [1.29, 1.82) is 0 Å². The van der Waals surface area contributed by atoms with Crippen LogP contribution in [0.4, 0.5) is 0 Å². The van der Waals surface area contributed by atoms with E-state index in [1.807, 2.05) is 30.3 Å². The summed E-state index contributed by atoms with van der Waals surface area (Å²) >= 11 is 0. The molecule has 0 radical (unpaired) electrons. The second-order valence-corrected chi connectivity index (χ2v) is 6.89. The van der Waals surface area contributed by atoms with Gasteiger partial charge in [-0.2, -0.15) is 0 Å². The smallest absolute Gasteiger partial charge is 0.226 e. The number of nitrogens with one attached hydrogen (secondary N) is 1. The van der Waals surface area contributed by atoms with Crippen LogP contribution in [0.15, 0.2) is 41.0 Å². The van der Waals surface area contributed by atoms with Gasteiger partial charge in [-0.15, -0.1) is 0 Å². The van der Waals surface area contributed by atoms with Gasteiger partial charge >= 0.3 is 0 Å². The second kappa shape index (κ2) is 5.41. The van der Waals surface area contributed by atoms with Crippen LogP contribution < -0.4 is 5.32 Å². The molecule has 3 heteroatoms. The van der Waals surface area contributed by atoms with Crippen LogP contribution in [0.1, 0.15) is 40.3 Å². The Labute approximate surface area is 121 Å². The van der Waals surface area contributed by atoms with E-state index < -0.39 is 0 Å². The van der Waals surface area contributed by atoms with Crippen LogP contribution in [0.2, 0.25) is 0 Å². The summed E-state index contributed by atoms with van der Waals surface area (Å²) in [5.74, 6) is 0.685. The molecule has 0 fully saturated rings. The zero-order valence-electron chi connectivity index (χ0n) is 13.0. The fourth-order valence-corrected chi connectivity index (χ4v) is 1.87. The van der Waals surface area contributed by atoms with Crippen molar-refractivity contribution in [3.8, 4) is 11.5 Å². The maximum Gasteiger partial charge on any atom is 0.226 e. The zero-order valence-corrected chi connectivity index (χ0v) is 13.0. The Morgan fingerprint density at radius 2 is 1.70 bits per heavy atom. The van der Waals surface area contributed by atoms with E-state index in [9.17, 15) is 0 Å². The van der Waals surface area contributed by atoms with Crippen molar-refractivity contribution in [3.05, 3.63) is 42.3 Å². The molecule has 0 aliphatic carbocycles. The number of hydrogen-bond donors (Lipinski definition) is 1. The van der Waals surface area contributed by atoms with Gasteiger partial charge in [0.1, 0.15) is 6.26 Å². The van der Waals surface area contributed by atoms with Crippen molar-refractivity contribution in [2.45, 2.75) is 45.6 Å². The molecule has 0 amide bonds. The Kier molecular flexibility index (Phi) is 4.00. The van der Waals surface area contributed by atoms with Crippen molar-refractivity contribution in [3.63, 3.8) is 0 Å². The third kappa shape index (κ3) is 3.70. The predicted octanol–water partition coefficient (Wildman–Crippen LogP) is 4.01. The average molecular weight is 272 g/mol. The standard InChI is InChI=1S/C17H24N2O/c1-16(2,3)18-12-17(4,5)14-11-20-15(19-14)13-9-7-6-8-10-13/h6-11,18H,12H2,1-5H3. The lowest BCUT2D eigenvalue weighted by atomic mass is 9.89. The first-order valence-electron chi connectivity index (χ1n) is 7.04. The summed E-state index contributed by atoms with van der Waals surface area (Å²) in [4.78, 5) is 4.65. The highest BCUT2D eigenvalue weighted by molar-refractivity contribution is 5.52. The van der Waals surface area contributed by atoms with Gasteiger partial charge in [-0.3, -0.25) is 0 Å². The largest absolute Gasteiger partial charge is 0.444 e. The summed E-state index contributed by atoms with van der Waals surface area (Å²) in [6.07, 6.45) is 1.77. The summed E-state index contributed by atoms with van der Waals surface area (Å²) in [5.41, 5.74) is 2.03. The van der Waals surface area contributed by atoms with Crippen LogP contribution in [0.5, 0.6) is 0 Å². The highest BCUT2D eigenvalue weighted by Gasteiger charge is 2.26. The van der Waals surface area contributed by atoms with Gasteiger partial charge in [-0.1, -0.05) is 32.0 Å². The van der Waals surface area contributed by atoms with E-state index in [1.54, 1.807) is 6.26 Å². The van der Waals surface area contributed by atoms with Crippen molar-refractivity contribution in [1.82, 2.24) is 10.3 Å². The molecule has 1 aromatic carbocycles. The molecule has 0 atom stereocenters. The lowest BCUT2D eigenvalue weighted by Gasteiger charge is -2.28. The van der Waals surface area contributed by atoms with Gasteiger partial charge in [0.05, 0.1) is 5.69 Å². The normalized spacial score (nSPS) is 12.7. The van der Waals surface area contributed by atoms with Gasteiger partial charge in [-0.05, 0) is 32.9 Å². The zero-order chi connectivity index (χ0) is 14.8. The van der Waals surface area contributed by atoms with Gasteiger partial charge in [0.2, 0.25) is 5.89 Å². The highest BCUT2D eigenvalue weighted by Crippen LogP contribution is 2.26. The Bertz CT molecular complexity index is 550. The first-order valence-corrected chi connectivity index (χ1v) is 7.04. The van der Waals surface area contributed by atoms with E-state index in [-0.39, 0.29) is 11.0 Å². The molecule has 0 saturated carbocycles. The minimum absolute atomic E-state index is 0.0657. The SMILES string of the molecule is CC(C)(C)NCC(C)(C)c1coc(-c2ccccc2)n1. The van der Waals surface area contributed by atoms with Crippen LogP contribution in [0.3, 0.4) is 0 Å². The average Bonchev–Trinajstić information content (AvgIpc) is 2.87. The maximum atomic E-state index is 5.63. The summed E-state index contributed by atoms with van der Waals surface area (Å²) in [6, 6.07) is 9.99. The van der Waals surface area contributed by atoms with Crippen molar-refractivity contribution >= 4 is 0 Å². The van der Waals surface area contributed by atoms with E-state index in [2.05, 4.69) is 44.9 Å². The molecule has 1 aromatic heterocycles. The minimum Gasteiger partial charge on any atom is -0.444 e. The summed E-state index contributed by atoms with van der Waals surface area (Å²) in [5, 5.41) is 3.53. The maximum absolute atomic E-state index is 5.63. The summed E-state index contributed by atoms with van der Waals surface area (Å²) < 4.78 is 5.63. The van der Waals surface area contributed by atoms with E-state index in [0.29, 0.717) is 5.89 Å². The molecule has 1 N–H and O–H groups in total. The molecule has 0 aliphatic rings. The van der Waals surface area contributed by atoms with Crippen LogP contribution in [0, 0.1) is 0 Å². The number of rotatable bonds is 4.